The number of anilines is 2. The van der Waals surface area contributed by atoms with E-state index in [9.17, 15) is 4.79 Å². The van der Waals surface area contributed by atoms with Crippen molar-refractivity contribution in [3.63, 3.8) is 0 Å². The maximum absolute atomic E-state index is 11.8. The van der Waals surface area contributed by atoms with E-state index < -0.39 is 0 Å². The monoisotopic (exact) mass is 349 g/mol. The molecule has 136 valence electrons. The molecule has 1 atom stereocenters. The lowest BCUT2D eigenvalue weighted by atomic mass is 10.1. The normalized spacial score (nSPS) is 18.9. The number of fused-ring (bicyclic) bond motifs is 1. The van der Waals surface area contributed by atoms with Crippen molar-refractivity contribution in [1.29, 1.82) is 0 Å². The van der Waals surface area contributed by atoms with Crippen LogP contribution in [0.3, 0.4) is 0 Å². The first-order chi connectivity index (χ1) is 12.7. The Morgan fingerprint density at radius 3 is 2.23 bits per heavy atom. The molecule has 0 aromatic heterocycles. The second kappa shape index (κ2) is 7.40. The van der Waals surface area contributed by atoms with Crippen molar-refractivity contribution in [3.05, 3.63) is 59.7 Å². The Labute approximate surface area is 155 Å². The molecule has 0 radical (unpaired) electrons. The molecule has 0 spiro atoms. The topological polar surface area (TPSA) is 35.6 Å². The van der Waals surface area contributed by atoms with E-state index in [2.05, 4.69) is 63.6 Å². The molecular weight excluding hydrogens is 322 g/mol. The van der Waals surface area contributed by atoms with Crippen LogP contribution in [0.5, 0.6) is 0 Å². The molecule has 4 nitrogen and oxygen atoms in total. The van der Waals surface area contributed by atoms with Crippen LogP contribution >= 0.6 is 0 Å². The fourth-order valence-corrected chi connectivity index (χ4v) is 4.03. The van der Waals surface area contributed by atoms with Gasteiger partial charge in [-0.15, -0.1) is 0 Å². The summed E-state index contributed by atoms with van der Waals surface area (Å²) in [4.78, 5) is 16.6. The molecule has 2 aromatic rings. The first kappa shape index (κ1) is 17.0. The van der Waals surface area contributed by atoms with Gasteiger partial charge in [-0.2, -0.15) is 0 Å². The molecule has 2 aliphatic rings. The van der Waals surface area contributed by atoms with Crippen molar-refractivity contribution in [2.75, 3.05) is 22.9 Å². The molecule has 0 saturated carbocycles. The third-order valence-corrected chi connectivity index (χ3v) is 5.45. The number of hydrogen-bond acceptors (Lipinski definition) is 3. The summed E-state index contributed by atoms with van der Waals surface area (Å²) in [5, 5.41) is 3.16. The molecule has 4 heteroatoms. The fourth-order valence-electron chi connectivity index (χ4n) is 4.03. The van der Waals surface area contributed by atoms with Crippen LogP contribution in [0.1, 0.15) is 37.3 Å². The Morgan fingerprint density at radius 1 is 1.00 bits per heavy atom. The summed E-state index contributed by atoms with van der Waals surface area (Å²) in [5.74, 6) is 0.184. The fraction of sp³-hybridized carbons (Fsp3) is 0.409. The van der Waals surface area contributed by atoms with Crippen molar-refractivity contribution < 1.29 is 4.79 Å². The summed E-state index contributed by atoms with van der Waals surface area (Å²) in [7, 11) is 0. The van der Waals surface area contributed by atoms with Gasteiger partial charge in [0.15, 0.2) is 0 Å². The summed E-state index contributed by atoms with van der Waals surface area (Å²) < 4.78 is 0. The molecule has 0 bridgehead atoms. The lowest BCUT2D eigenvalue weighted by Crippen LogP contribution is -2.36. The molecule has 2 heterocycles. The zero-order chi connectivity index (χ0) is 17.9. The number of hydrogen-bond donors (Lipinski definition) is 1. The van der Waals surface area contributed by atoms with Crippen LogP contribution in [0.25, 0.3) is 0 Å². The van der Waals surface area contributed by atoms with Crippen molar-refractivity contribution in [1.82, 2.24) is 5.32 Å². The molecule has 1 unspecified atom stereocenters. The molecular formula is C22H27N3O. The number of nitrogens with zero attached hydrogens (tertiary/aromatic N) is 2. The van der Waals surface area contributed by atoms with Gasteiger partial charge in [-0.3, -0.25) is 4.79 Å². The van der Waals surface area contributed by atoms with E-state index in [0.29, 0.717) is 6.42 Å². The SMILES string of the molecule is CCCC(=O)NC1CCN(c2ccc(N3Cc4ccccc4C3)cc2)C1. The van der Waals surface area contributed by atoms with Gasteiger partial charge < -0.3 is 15.1 Å². The molecule has 1 fully saturated rings. The van der Waals surface area contributed by atoms with Gasteiger partial charge in [-0.25, -0.2) is 0 Å². The third-order valence-electron chi connectivity index (χ3n) is 5.45. The molecule has 26 heavy (non-hydrogen) atoms. The second-order valence-electron chi connectivity index (χ2n) is 7.39. The average Bonchev–Trinajstić information content (AvgIpc) is 3.29. The zero-order valence-electron chi connectivity index (χ0n) is 15.4. The van der Waals surface area contributed by atoms with E-state index in [1.807, 2.05) is 6.92 Å². The van der Waals surface area contributed by atoms with Crippen molar-refractivity contribution >= 4 is 17.3 Å². The molecule has 4 rings (SSSR count). The highest BCUT2D eigenvalue weighted by atomic mass is 16.1. The third kappa shape index (κ3) is 3.55. The number of amides is 1. The predicted octanol–water partition coefficient (Wildman–Crippen LogP) is 3.70. The minimum absolute atomic E-state index is 0.184. The molecule has 2 aromatic carbocycles. The summed E-state index contributed by atoms with van der Waals surface area (Å²) in [6, 6.07) is 17.9. The minimum atomic E-state index is 0.184. The lowest BCUT2D eigenvalue weighted by Gasteiger charge is -2.22. The van der Waals surface area contributed by atoms with Crippen LogP contribution in [-0.2, 0) is 17.9 Å². The van der Waals surface area contributed by atoms with Gasteiger partial charge in [0.05, 0.1) is 0 Å². The summed E-state index contributed by atoms with van der Waals surface area (Å²) in [6.07, 6.45) is 2.56. The van der Waals surface area contributed by atoms with Gasteiger partial charge in [-0.1, -0.05) is 31.2 Å². The molecule has 0 aliphatic carbocycles. The van der Waals surface area contributed by atoms with Gasteiger partial charge in [0.1, 0.15) is 0 Å². The summed E-state index contributed by atoms with van der Waals surface area (Å²) in [5.41, 5.74) is 5.39. The Balaban J connectivity index is 1.36. The highest BCUT2D eigenvalue weighted by Crippen LogP contribution is 2.30. The highest BCUT2D eigenvalue weighted by molar-refractivity contribution is 5.76. The van der Waals surface area contributed by atoms with Gasteiger partial charge in [0.2, 0.25) is 5.91 Å². The van der Waals surface area contributed by atoms with E-state index >= 15 is 0 Å². The van der Waals surface area contributed by atoms with Crippen LogP contribution in [-0.4, -0.2) is 25.0 Å². The standard InChI is InChI=1S/C22H27N3O/c1-2-5-22(26)23-19-12-13-24(16-19)20-8-10-21(11-9-20)25-14-17-6-3-4-7-18(17)15-25/h3-4,6-11,19H,2,5,12-16H2,1H3,(H,23,26). The van der Waals surface area contributed by atoms with Gasteiger partial charge in [0.25, 0.3) is 0 Å². The Bertz CT molecular complexity index is 746. The summed E-state index contributed by atoms with van der Waals surface area (Å²) >= 11 is 0. The van der Waals surface area contributed by atoms with Crippen molar-refractivity contribution in [2.45, 2.75) is 45.3 Å². The number of nitrogens with one attached hydrogen (secondary N) is 1. The van der Waals surface area contributed by atoms with E-state index in [1.54, 1.807) is 0 Å². The predicted molar refractivity (Wildman–Crippen MR) is 106 cm³/mol. The van der Waals surface area contributed by atoms with Gasteiger partial charge in [-0.05, 0) is 48.2 Å². The lowest BCUT2D eigenvalue weighted by molar-refractivity contribution is -0.121. The van der Waals surface area contributed by atoms with Crippen molar-refractivity contribution in [2.24, 2.45) is 0 Å². The average molecular weight is 349 g/mol. The number of benzene rings is 2. The maximum atomic E-state index is 11.8. The molecule has 1 saturated heterocycles. The maximum Gasteiger partial charge on any atom is 0.220 e. The first-order valence-electron chi connectivity index (χ1n) is 9.69. The van der Waals surface area contributed by atoms with E-state index in [-0.39, 0.29) is 11.9 Å². The van der Waals surface area contributed by atoms with E-state index in [1.165, 1.54) is 22.5 Å². The zero-order valence-corrected chi connectivity index (χ0v) is 15.4. The van der Waals surface area contributed by atoms with Gasteiger partial charge in [0, 0.05) is 50.0 Å². The number of rotatable bonds is 5. The largest absolute Gasteiger partial charge is 0.369 e. The minimum Gasteiger partial charge on any atom is -0.369 e. The Morgan fingerprint density at radius 2 is 1.62 bits per heavy atom. The molecule has 1 amide bonds. The highest BCUT2D eigenvalue weighted by Gasteiger charge is 2.24. The van der Waals surface area contributed by atoms with Crippen LogP contribution in [0, 0.1) is 0 Å². The number of carbonyl (C=O) groups excluding carboxylic acids is 1. The molecule has 2 aliphatic heterocycles. The number of carbonyl (C=O) groups is 1. The quantitative estimate of drug-likeness (QED) is 0.894. The van der Waals surface area contributed by atoms with Crippen LogP contribution < -0.4 is 15.1 Å². The van der Waals surface area contributed by atoms with Gasteiger partial charge >= 0.3 is 0 Å². The van der Waals surface area contributed by atoms with Crippen LogP contribution in [0.2, 0.25) is 0 Å². The second-order valence-corrected chi connectivity index (χ2v) is 7.39. The van der Waals surface area contributed by atoms with E-state index in [0.717, 1.165) is 39.0 Å². The first-order valence-corrected chi connectivity index (χ1v) is 9.69. The van der Waals surface area contributed by atoms with Crippen LogP contribution in [0.4, 0.5) is 11.4 Å². The van der Waals surface area contributed by atoms with Crippen LogP contribution in [0.15, 0.2) is 48.5 Å². The van der Waals surface area contributed by atoms with E-state index in [4.69, 9.17) is 0 Å². The summed E-state index contributed by atoms with van der Waals surface area (Å²) in [6.45, 7) is 5.94. The Hall–Kier alpha value is -2.49. The smallest absolute Gasteiger partial charge is 0.220 e. The molecule has 1 N–H and O–H groups in total. The van der Waals surface area contributed by atoms with Crippen molar-refractivity contribution in [3.8, 4) is 0 Å². The Kier molecular flexibility index (Phi) is 4.83.